The number of rotatable bonds is 4. The zero-order chi connectivity index (χ0) is 15.6. The average Bonchev–Trinajstić information content (AvgIpc) is 2.87. The molecule has 0 spiro atoms. The van der Waals surface area contributed by atoms with E-state index in [1.54, 1.807) is 19.1 Å². The van der Waals surface area contributed by atoms with Gasteiger partial charge in [0.25, 0.3) is 0 Å². The van der Waals surface area contributed by atoms with E-state index in [9.17, 15) is 9.18 Å². The van der Waals surface area contributed by atoms with Gasteiger partial charge in [0.15, 0.2) is 0 Å². The molecule has 5 heteroatoms. The minimum atomic E-state index is -0.576. The van der Waals surface area contributed by atoms with Crippen LogP contribution in [0.1, 0.15) is 48.5 Å². The van der Waals surface area contributed by atoms with E-state index in [1.807, 2.05) is 20.8 Å². The first-order valence-corrected chi connectivity index (χ1v) is 6.88. The smallest absolute Gasteiger partial charge is 0.376 e. The van der Waals surface area contributed by atoms with Crippen LogP contribution in [0.2, 0.25) is 0 Å². The Morgan fingerprint density at radius 3 is 2.76 bits per heavy atom. The molecule has 21 heavy (non-hydrogen) atoms. The number of carbonyl (C=O) groups excluding carboxylic acids is 1. The summed E-state index contributed by atoms with van der Waals surface area (Å²) in [5, 5.41) is 0. The maximum absolute atomic E-state index is 13.9. The third-order valence-corrected chi connectivity index (χ3v) is 3.01. The van der Waals surface area contributed by atoms with Crippen LogP contribution in [-0.2, 0) is 4.74 Å². The molecular weight excluding hydrogens is 273 g/mol. The molecule has 2 rings (SSSR count). The second-order valence-corrected chi connectivity index (χ2v) is 5.09. The van der Waals surface area contributed by atoms with Gasteiger partial charge in [0.1, 0.15) is 5.82 Å². The summed E-state index contributed by atoms with van der Waals surface area (Å²) >= 11 is 0. The Balaban J connectivity index is 2.53. The van der Waals surface area contributed by atoms with Crippen molar-refractivity contribution >= 4 is 5.97 Å². The van der Waals surface area contributed by atoms with E-state index in [-0.39, 0.29) is 29.7 Å². The second-order valence-electron chi connectivity index (χ2n) is 5.09. The Labute approximate surface area is 122 Å². The number of hydrogen-bond acceptors (Lipinski definition) is 4. The number of aryl methyl sites for hydroxylation is 1. The predicted octanol–water partition coefficient (Wildman–Crippen LogP) is 4.09. The Hall–Kier alpha value is -2.17. The van der Waals surface area contributed by atoms with Crippen molar-refractivity contribution in [3.05, 3.63) is 41.0 Å². The van der Waals surface area contributed by atoms with E-state index in [0.29, 0.717) is 5.69 Å². The molecule has 1 aromatic heterocycles. The van der Waals surface area contributed by atoms with E-state index in [1.165, 1.54) is 6.07 Å². The molecule has 1 heterocycles. The number of aromatic nitrogens is 1. The number of oxazole rings is 1. The van der Waals surface area contributed by atoms with Crippen molar-refractivity contribution < 1.29 is 18.3 Å². The van der Waals surface area contributed by atoms with Gasteiger partial charge in [0.2, 0.25) is 11.7 Å². The zero-order valence-electron chi connectivity index (χ0n) is 12.6. The molecule has 112 valence electrons. The van der Waals surface area contributed by atoms with Crippen molar-refractivity contribution in [1.29, 1.82) is 0 Å². The number of carbonyl (C=O) groups is 1. The largest absolute Gasteiger partial charge is 0.460 e. The summed E-state index contributed by atoms with van der Waals surface area (Å²) in [4.78, 5) is 16.2. The molecule has 0 N–H and O–H groups in total. The fourth-order valence-corrected chi connectivity index (χ4v) is 1.98. The molecule has 2 aromatic rings. The van der Waals surface area contributed by atoms with Crippen LogP contribution in [0.15, 0.2) is 22.6 Å². The molecule has 0 unspecified atom stereocenters. The van der Waals surface area contributed by atoms with E-state index in [4.69, 9.17) is 9.15 Å². The molecule has 0 fully saturated rings. The fraction of sp³-hybridized carbons (Fsp3) is 0.375. The molecule has 4 nitrogen and oxygen atoms in total. The first kappa shape index (κ1) is 15.2. The number of esters is 1. The van der Waals surface area contributed by atoms with Gasteiger partial charge in [-0.05, 0) is 31.9 Å². The second kappa shape index (κ2) is 6.08. The number of benzene rings is 1. The van der Waals surface area contributed by atoms with Gasteiger partial charge in [-0.15, -0.1) is 0 Å². The zero-order valence-corrected chi connectivity index (χ0v) is 12.6. The lowest BCUT2D eigenvalue weighted by Gasteiger charge is -2.02. The normalized spacial score (nSPS) is 11.0. The van der Waals surface area contributed by atoms with Crippen LogP contribution < -0.4 is 0 Å². The van der Waals surface area contributed by atoms with Gasteiger partial charge < -0.3 is 9.15 Å². The molecule has 0 atom stereocenters. The Kier molecular flexibility index (Phi) is 4.40. The molecule has 1 aromatic carbocycles. The van der Waals surface area contributed by atoms with Crippen molar-refractivity contribution in [3.63, 3.8) is 0 Å². The van der Waals surface area contributed by atoms with E-state index < -0.39 is 11.8 Å². The van der Waals surface area contributed by atoms with Crippen LogP contribution >= 0.6 is 0 Å². The first-order chi connectivity index (χ1) is 9.93. The highest BCUT2D eigenvalue weighted by Crippen LogP contribution is 2.29. The van der Waals surface area contributed by atoms with Crippen molar-refractivity contribution in [1.82, 2.24) is 4.98 Å². The number of halogens is 1. The topological polar surface area (TPSA) is 52.3 Å². The Morgan fingerprint density at radius 2 is 2.14 bits per heavy atom. The summed E-state index contributed by atoms with van der Waals surface area (Å²) in [6.07, 6.45) is 0. The summed E-state index contributed by atoms with van der Waals surface area (Å²) in [6, 6.07) is 4.66. The Bertz CT molecular complexity index is 662. The summed E-state index contributed by atoms with van der Waals surface area (Å²) in [7, 11) is 0. The molecule has 0 aliphatic heterocycles. The minimum Gasteiger partial charge on any atom is -0.460 e. The van der Waals surface area contributed by atoms with Crippen LogP contribution in [0.4, 0.5) is 4.39 Å². The molecule has 0 amide bonds. The molecule has 0 aliphatic rings. The van der Waals surface area contributed by atoms with Gasteiger partial charge in [-0.2, -0.15) is 0 Å². The first-order valence-electron chi connectivity index (χ1n) is 6.88. The summed E-state index contributed by atoms with van der Waals surface area (Å²) < 4.78 is 24.4. The summed E-state index contributed by atoms with van der Waals surface area (Å²) in [6.45, 7) is 7.57. The predicted molar refractivity (Wildman–Crippen MR) is 76.7 cm³/mol. The van der Waals surface area contributed by atoms with Gasteiger partial charge in [-0.25, -0.2) is 14.2 Å². The third kappa shape index (κ3) is 3.12. The monoisotopic (exact) mass is 291 g/mol. The number of hydrogen-bond donors (Lipinski definition) is 0. The van der Waals surface area contributed by atoms with Gasteiger partial charge in [-0.3, -0.25) is 0 Å². The van der Waals surface area contributed by atoms with Crippen LogP contribution in [0, 0.1) is 12.7 Å². The van der Waals surface area contributed by atoms with Crippen molar-refractivity contribution in [2.75, 3.05) is 6.61 Å². The van der Waals surface area contributed by atoms with Crippen molar-refractivity contribution in [2.45, 2.75) is 33.6 Å². The average molecular weight is 291 g/mol. The molecular formula is C16H18FNO3. The van der Waals surface area contributed by atoms with Crippen LogP contribution in [0.25, 0.3) is 11.5 Å². The maximum Gasteiger partial charge on any atom is 0.376 e. The SMILES string of the molecule is CCOC(=O)c1oc(-c2cc(C)ccc2F)nc1C(C)C. The quantitative estimate of drug-likeness (QED) is 0.796. The van der Waals surface area contributed by atoms with Crippen LogP contribution in [0.3, 0.4) is 0 Å². The lowest BCUT2D eigenvalue weighted by atomic mass is 10.1. The maximum atomic E-state index is 13.9. The van der Waals surface area contributed by atoms with Crippen molar-refractivity contribution in [2.24, 2.45) is 0 Å². The number of ether oxygens (including phenoxy) is 1. The van der Waals surface area contributed by atoms with Crippen LogP contribution in [-0.4, -0.2) is 17.6 Å². The van der Waals surface area contributed by atoms with E-state index in [0.717, 1.165) is 5.56 Å². The number of nitrogens with zero attached hydrogens (tertiary/aromatic N) is 1. The van der Waals surface area contributed by atoms with Gasteiger partial charge >= 0.3 is 5.97 Å². The van der Waals surface area contributed by atoms with Gasteiger partial charge in [-0.1, -0.05) is 25.5 Å². The van der Waals surface area contributed by atoms with Gasteiger partial charge in [0.05, 0.1) is 17.9 Å². The molecule has 0 aliphatic carbocycles. The third-order valence-electron chi connectivity index (χ3n) is 3.01. The summed E-state index contributed by atoms with van der Waals surface area (Å²) in [5.74, 6) is -0.902. The van der Waals surface area contributed by atoms with Crippen molar-refractivity contribution in [3.8, 4) is 11.5 Å². The molecule has 0 radical (unpaired) electrons. The molecule has 0 bridgehead atoms. The van der Waals surface area contributed by atoms with E-state index >= 15 is 0 Å². The highest BCUT2D eigenvalue weighted by molar-refractivity contribution is 5.88. The molecule has 0 saturated carbocycles. The highest BCUT2D eigenvalue weighted by Gasteiger charge is 2.25. The standard InChI is InChI=1S/C16H18FNO3/c1-5-20-16(19)14-13(9(2)3)18-15(21-14)11-8-10(4)6-7-12(11)17/h6-9H,5H2,1-4H3. The van der Waals surface area contributed by atoms with Gasteiger partial charge in [0, 0.05) is 0 Å². The minimum absolute atomic E-state index is 0.0326. The molecule has 0 saturated heterocycles. The summed E-state index contributed by atoms with van der Waals surface area (Å²) in [5.41, 5.74) is 1.60. The highest BCUT2D eigenvalue weighted by atomic mass is 19.1. The fourth-order valence-electron chi connectivity index (χ4n) is 1.98. The lowest BCUT2D eigenvalue weighted by molar-refractivity contribution is 0.0488. The van der Waals surface area contributed by atoms with Crippen LogP contribution in [0.5, 0.6) is 0 Å². The van der Waals surface area contributed by atoms with E-state index in [2.05, 4.69) is 4.98 Å². The lowest BCUT2D eigenvalue weighted by Crippen LogP contribution is -2.07. The Morgan fingerprint density at radius 1 is 1.43 bits per heavy atom.